The molecule has 114 valence electrons. The van der Waals surface area contributed by atoms with Crippen LogP contribution in [0.2, 0.25) is 10.0 Å². The molecule has 0 aliphatic rings. The Morgan fingerprint density at radius 3 is 2.57 bits per heavy atom. The summed E-state index contributed by atoms with van der Waals surface area (Å²) in [6, 6.07) is 5.59. The van der Waals surface area contributed by atoms with Gasteiger partial charge in [-0.1, -0.05) is 37.0 Å². The van der Waals surface area contributed by atoms with Crippen LogP contribution in [0, 0.1) is 13.8 Å². The van der Waals surface area contributed by atoms with Gasteiger partial charge in [0.2, 0.25) is 0 Å². The summed E-state index contributed by atoms with van der Waals surface area (Å²) in [5.74, 6) is 0.418. The molecule has 1 aromatic carbocycles. The molecule has 21 heavy (non-hydrogen) atoms. The highest BCUT2D eigenvalue weighted by atomic mass is 35.5. The lowest BCUT2D eigenvalue weighted by atomic mass is 9.99. The minimum atomic E-state index is 0.418. The Morgan fingerprint density at radius 1 is 1.24 bits per heavy atom. The van der Waals surface area contributed by atoms with Crippen LogP contribution >= 0.6 is 23.2 Å². The van der Waals surface area contributed by atoms with Gasteiger partial charge >= 0.3 is 0 Å². The second-order valence-electron chi connectivity index (χ2n) is 5.30. The number of nitrogens with one attached hydrogen (secondary N) is 1. The highest BCUT2D eigenvalue weighted by Crippen LogP contribution is 2.28. The van der Waals surface area contributed by atoms with Gasteiger partial charge in [-0.3, -0.25) is 0 Å². The molecular weight excluding hydrogens is 305 g/mol. The van der Waals surface area contributed by atoms with Crippen LogP contribution in [-0.4, -0.2) is 22.9 Å². The number of benzene rings is 1. The van der Waals surface area contributed by atoms with Gasteiger partial charge in [0, 0.05) is 17.8 Å². The second-order valence-corrected chi connectivity index (χ2v) is 6.12. The number of aromatic nitrogens is 2. The number of halogens is 2. The van der Waals surface area contributed by atoms with Crippen LogP contribution in [0.3, 0.4) is 0 Å². The van der Waals surface area contributed by atoms with Crippen molar-refractivity contribution >= 4 is 23.2 Å². The average molecular weight is 326 g/mol. The fourth-order valence-corrected chi connectivity index (χ4v) is 2.99. The number of hydrogen-bond donors (Lipinski definition) is 1. The number of likely N-dealkylation sites (N-methyl/N-ethyl adjacent to an activating group) is 1. The Kier molecular flexibility index (Phi) is 5.31. The molecule has 2 aromatic rings. The average Bonchev–Trinajstić information content (AvgIpc) is 2.74. The fourth-order valence-electron chi connectivity index (χ4n) is 2.70. The molecule has 3 nitrogen and oxygen atoms in total. The lowest BCUT2D eigenvalue weighted by Crippen LogP contribution is -2.20. The molecule has 0 amide bonds. The van der Waals surface area contributed by atoms with Crippen LogP contribution < -0.4 is 5.32 Å². The van der Waals surface area contributed by atoms with Crippen LogP contribution in [0.15, 0.2) is 18.2 Å². The topological polar surface area (TPSA) is 29.9 Å². The Hall–Kier alpha value is -1.03. The summed E-state index contributed by atoms with van der Waals surface area (Å²) in [4.78, 5) is 0. The Morgan fingerprint density at radius 2 is 1.95 bits per heavy atom. The zero-order valence-corrected chi connectivity index (χ0v) is 14.4. The van der Waals surface area contributed by atoms with Crippen molar-refractivity contribution in [2.75, 3.05) is 13.1 Å². The Labute approximate surface area is 136 Å². The first-order valence-corrected chi connectivity index (χ1v) is 7.93. The van der Waals surface area contributed by atoms with Gasteiger partial charge in [-0.05, 0) is 44.5 Å². The SMILES string of the molecule is CCNCC(C)c1c(C)nn(-c2ccc(Cl)c(Cl)c2)c1C. The number of rotatable bonds is 5. The molecule has 1 N–H and O–H groups in total. The van der Waals surface area contributed by atoms with Crippen LogP contribution in [-0.2, 0) is 0 Å². The van der Waals surface area contributed by atoms with Gasteiger partial charge in [-0.15, -0.1) is 0 Å². The van der Waals surface area contributed by atoms with Crippen LogP contribution in [0.25, 0.3) is 5.69 Å². The predicted octanol–water partition coefficient (Wildman–Crippen LogP) is 4.51. The van der Waals surface area contributed by atoms with Crippen molar-refractivity contribution in [1.29, 1.82) is 0 Å². The van der Waals surface area contributed by atoms with Crippen molar-refractivity contribution < 1.29 is 0 Å². The summed E-state index contributed by atoms with van der Waals surface area (Å²) in [6.07, 6.45) is 0. The summed E-state index contributed by atoms with van der Waals surface area (Å²) in [6.45, 7) is 10.4. The van der Waals surface area contributed by atoms with E-state index < -0.39 is 0 Å². The molecule has 0 saturated carbocycles. The number of nitrogens with zero attached hydrogens (tertiary/aromatic N) is 2. The molecule has 0 aliphatic heterocycles. The molecule has 0 aliphatic carbocycles. The summed E-state index contributed by atoms with van der Waals surface area (Å²) in [7, 11) is 0. The minimum absolute atomic E-state index is 0.418. The first-order chi connectivity index (χ1) is 9.95. The fraction of sp³-hybridized carbons (Fsp3) is 0.438. The molecule has 1 unspecified atom stereocenters. The molecule has 0 radical (unpaired) electrons. The van der Waals surface area contributed by atoms with E-state index in [2.05, 4.69) is 38.1 Å². The maximum absolute atomic E-state index is 6.11. The van der Waals surface area contributed by atoms with E-state index in [0.29, 0.717) is 16.0 Å². The third-order valence-electron chi connectivity index (χ3n) is 3.69. The lowest BCUT2D eigenvalue weighted by molar-refractivity contribution is 0.630. The van der Waals surface area contributed by atoms with Gasteiger partial charge in [0.25, 0.3) is 0 Å². The first-order valence-electron chi connectivity index (χ1n) is 7.18. The molecule has 0 bridgehead atoms. The van der Waals surface area contributed by atoms with Crippen LogP contribution in [0.5, 0.6) is 0 Å². The molecule has 0 spiro atoms. The minimum Gasteiger partial charge on any atom is -0.316 e. The number of aryl methyl sites for hydroxylation is 1. The molecule has 1 atom stereocenters. The van der Waals surface area contributed by atoms with Crippen molar-refractivity contribution in [2.24, 2.45) is 0 Å². The van der Waals surface area contributed by atoms with Crippen molar-refractivity contribution in [1.82, 2.24) is 15.1 Å². The van der Waals surface area contributed by atoms with E-state index in [-0.39, 0.29) is 0 Å². The Bertz CT molecular complexity index is 635. The lowest BCUT2D eigenvalue weighted by Gasteiger charge is -2.13. The molecular formula is C16H21Cl2N3. The van der Waals surface area contributed by atoms with Gasteiger partial charge in [-0.25, -0.2) is 4.68 Å². The van der Waals surface area contributed by atoms with Crippen molar-refractivity contribution in [2.45, 2.75) is 33.6 Å². The normalized spacial score (nSPS) is 12.7. The highest BCUT2D eigenvalue weighted by Gasteiger charge is 2.18. The molecule has 1 aromatic heterocycles. The predicted molar refractivity (Wildman–Crippen MR) is 90.0 cm³/mol. The third-order valence-corrected chi connectivity index (χ3v) is 4.43. The monoisotopic (exact) mass is 325 g/mol. The number of hydrogen-bond acceptors (Lipinski definition) is 2. The van der Waals surface area contributed by atoms with Gasteiger partial charge < -0.3 is 5.32 Å². The zero-order valence-electron chi connectivity index (χ0n) is 12.9. The summed E-state index contributed by atoms with van der Waals surface area (Å²) in [5.41, 5.74) is 4.44. The second kappa shape index (κ2) is 6.82. The standard InChI is InChI=1S/C16H21Cl2N3/c1-5-19-9-10(2)16-11(3)20-21(12(16)4)13-6-7-14(17)15(18)8-13/h6-8,10,19H,5,9H2,1-4H3. The maximum Gasteiger partial charge on any atom is 0.0664 e. The molecule has 2 rings (SSSR count). The molecule has 0 fully saturated rings. The molecule has 0 saturated heterocycles. The zero-order chi connectivity index (χ0) is 15.6. The summed E-state index contributed by atoms with van der Waals surface area (Å²) >= 11 is 12.1. The van der Waals surface area contributed by atoms with Crippen LogP contribution in [0.1, 0.15) is 36.7 Å². The van der Waals surface area contributed by atoms with E-state index in [9.17, 15) is 0 Å². The summed E-state index contributed by atoms with van der Waals surface area (Å²) in [5, 5.41) is 9.16. The largest absolute Gasteiger partial charge is 0.316 e. The van der Waals surface area contributed by atoms with E-state index in [1.807, 2.05) is 16.8 Å². The Balaban J connectivity index is 2.40. The van der Waals surface area contributed by atoms with Crippen molar-refractivity contribution in [3.63, 3.8) is 0 Å². The van der Waals surface area contributed by atoms with Gasteiger partial charge in [-0.2, -0.15) is 5.10 Å². The van der Waals surface area contributed by atoms with Crippen molar-refractivity contribution in [3.05, 3.63) is 45.2 Å². The van der Waals surface area contributed by atoms with E-state index in [1.54, 1.807) is 6.07 Å². The maximum atomic E-state index is 6.11. The van der Waals surface area contributed by atoms with E-state index in [4.69, 9.17) is 23.2 Å². The van der Waals surface area contributed by atoms with E-state index in [0.717, 1.165) is 30.2 Å². The smallest absolute Gasteiger partial charge is 0.0664 e. The van der Waals surface area contributed by atoms with Gasteiger partial charge in [0.15, 0.2) is 0 Å². The van der Waals surface area contributed by atoms with Gasteiger partial charge in [0.1, 0.15) is 0 Å². The molecule has 1 heterocycles. The highest BCUT2D eigenvalue weighted by molar-refractivity contribution is 6.42. The molecule has 5 heteroatoms. The van der Waals surface area contributed by atoms with Crippen LogP contribution in [0.4, 0.5) is 0 Å². The van der Waals surface area contributed by atoms with Gasteiger partial charge in [0.05, 0.1) is 21.4 Å². The summed E-state index contributed by atoms with van der Waals surface area (Å²) < 4.78 is 1.94. The van der Waals surface area contributed by atoms with E-state index in [1.165, 1.54) is 5.56 Å². The quantitative estimate of drug-likeness (QED) is 0.876. The first kappa shape index (κ1) is 16.3. The van der Waals surface area contributed by atoms with E-state index >= 15 is 0 Å². The van der Waals surface area contributed by atoms with Crippen molar-refractivity contribution in [3.8, 4) is 5.69 Å². The third kappa shape index (κ3) is 3.42.